The van der Waals surface area contributed by atoms with Crippen molar-refractivity contribution in [1.29, 1.82) is 0 Å². The summed E-state index contributed by atoms with van der Waals surface area (Å²) in [7, 11) is 0. The average molecular weight is 459 g/mol. The number of hydrogen-bond acceptors (Lipinski definition) is 6. The van der Waals surface area contributed by atoms with Gasteiger partial charge in [0, 0.05) is 37.1 Å². The lowest BCUT2D eigenvalue weighted by Gasteiger charge is -2.34. The number of thiocarbonyl (C=S) groups is 1. The van der Waals surface area contributed by atoms with Crippen LogP contribution in [0.2, 0.25) is 0 Å². The number of amides is 1. The minimum absolute atomic E-state index is 0.0497. The second kappa shape index (κ2) is 10.5. The predicted molar refractivity (Wildman–Crippen MR) is 127 cm³/mol. The summed E-state index contributed by atoms with van der Waals surface area (Å²) in [5.74, 6) is -0.551. The maximum Gasteiger partial charge on any atom is 0.241 e. The molecule has 2 saturated heterocycles. The number of likely N-dealkylation sites (tertiary alicyclic amines) is 1. The molecule has 7 heteroatoms. The van der Waals surface area contributed by atoms with Crippen LogP contribution in [0.5, 0.6) is 0 Å². The van der Waals surface area contributed by atoms with Crippen molar-refractivity contribution in [2.75, 3.05) is 26.3 Å². The molecular formula is C25H34N2O4S. The second-order valence-electron chi connectivity index (χ2n) is 8.93. The minimum Gasteiger partial charge on any atom is -0.351 e. The number of ether oxygens (including phenoxy) is 2. The van der Waals surface area contributed by atoms with Crippen LogP contribution in [-0.4, -0.2) is 66.1 Å². The topological polar surface area (TPSA) is 67.9 Å². The van der Waals surface area contributed by atoms with Gasteiger partial charge in [-0.3, -0.25) is 9.59 Å². The molecular weight excluding hydrogens is 424 g/mol. The maximum atomic E-state index is 13.7. The van der Waals surface area contributed by atoms with E-state index in [1.54, 1.807) is 0 Å². The zero-order valence-corrected chi connectivity index (χ0v) is 19.9. The van der Waals surface area contributed by atoms with Crippen molar-refractivity contribution < 1.29 is 19.1 Å². The van der Waals surface area contributed by atoms with E-state index in [4.69, 9.17) is 21.7 Å². The van der Waals surface area contributed by atoms with Crippen LogP contribution in [0.15, 0.2) is 24.3 Å². The Balaban J connectivity index is 1.50. The fourth-order valence-electron chi connectivity index (χ4n) is 5.50. The monoisotopic (exact) mass is 458 g/mol. The van der Waals surface area contributed by atoms with Gasteiger partial charge in [-0.15, -0.1) is 0 Å². The Morgan fingerprint density at radius 3 is 2.59 bits per heavy atom. The molecule has 4 atom stereocenters. The summed E-state index contributed by atoms with van der Waals surface area (Å²) in [5.41, 5.74) is 2.57. The van der Waals surface area contributed by atoms with Gasteiger partial charge in [0.25, 0.3) is 0 Å². The van der Waals surface area contributed by atoms with Crippen molar-refractivity contribution in [3.63, 3.8) is 0 Å². The summed E-state index contributed by atoms with van der Waals surface area (Å²) in [4.78, 5) is 29.8. The molecule has 1 aromatic carbocycles. The molecule has 2 aliphatic heterocycles. The normalized spacial score (nSPS) is 27.7. The van der Waals surface area contributed by atoms with Crippen LogP contribution in [0.1, 0.15) is 44.2 Å². The van der Waals surface area contributed by atoms with Gasteiger partial charge in [0.1, 0.15) is 11.8 Å². The van der Waals surface area contributed by atoms with E-state index in [1.165, 1.54) is 11.1 Å². The number of rotatable bonds is 8. The number of fused-ring (bicyclic) bond motifs is 1. The number of nitrogens with zero attached hydrogens (tertiary/aromatic N) is 1. The molecule has 0 aromatic heterocycles. The predicted octanol–water partition coefficient (Wildman–Crippen LogP) is 2.71. The summed E-state index contributed by atoms with van der Waals surface area (Å²) in [6, 6.07) is 7.62. The molecule has 4 rings (SSSR count). The lowest BCUT2D eigenvalue weighted by atomic mass is 9.76. The van der Waals surface area contributed by atoms with Gasteiger partial charge in [0.2, 0.25) is 5.91 Å². The van der Waals surface area contributed by atoms with Crippen molar-refractivity contribution in [2.24, 2.45) is 11.8 Å². The highest BCUT2D eigenvalue weighted by atomic mass is 32.1. The zero-order valence-electron chi connectivity index (χ0n) is 19.0. The van der Waals surface area contributed by atoms with Crippen molar-refractivity contribution in [2.45, 2.75) is 64.3 Å². The first-order valence-corrected chi connectivity index (χ1v) is 12.4. The van der Waals surface area contributed by atoms with Crippen LogP contribution in [0.25, 0.3) is 0 Å². The van der Waals surface area contributed by atoms with Gasteiger partial charge in [-0.2, -0.15) is 0 Å². The highest BCUT2D eigenvalue weighted by Gasteiger charge is 2.47. The first kappa shape index (κ1) is 23.5. The number of aryl methyl sites for hydroxylation is 1. The van der Waals surface area contributed by atoms with E-state index in [0.29, 0.717) is 31.2 Å². The number of hydrogen-bond donors (Lipinski definition) is 1. The Kier molecular flexibility index (Phi) is 7.71. The van der Waals surface area contributed by atoms with Crippen LogP contribution < -0.4 is 5.32 Å². The fraction of sp³-hybridized carbons (Fsp3) is 0.640. The van der Waals surface area contributed by atoms with E-state index in [1.807, 2.05) is 24.8 Å². The molecule has 174 valence electrons. The SMILES string of the molecule is CCOC(OCC)[C@@H]1CCCN1C(=O)[C@H]1NCC(=S)C1C(=O)[C@@H]1CCc2ccccc2C1. The van der Waals surface area contributed by atoms with E-state index in [0.717, 1.165) is 32.1 Å². The molecule has 1 amide bonds. The number of carbonyl (C=O) groups excluding carboxylic acids is 2. The Bertz CT molecular complexity index is 854. The smallest absolute Gasteiger partial charge is 0.241 e. The fourth-order valence-corrected chi connectivity index (χ4v) is 5.83. The van der Waals surface area contributed by atoms with Crippen molar-refractivity contribution in [3.8, 4) is 0 Å². The third-order valence-electron chi connectivity index (χ3n) is 7.06. The molecule has 1 N–H and O–H groups in total. The van der Waals surface area contributed by atoms with Crippen LogP contribution in [0.4, 0.5) is 0 Å². The van der Waals surface area contributed by atoms with Crippen LogP contribution in [0.3, 0.4) is 0 Å². The summed E-state index contributed by atoms with van der Waals surface area (Å²) in [6.45, 7) is 6.01. The standard InChI is InChI=1S/C25H34N2O4S/c1-3-30-25(31-4-2)19-10-7-13-27(19)24(29)22-21(20(32)15-26-22)23(28)18-12-11-16-8-5-6-9-17(16)14-18/h5-6,8-9,18-19,21-22,25-26H,3-4,7,10-15H2,1-2H3/t18-,19+,21?,22+/m1/s1. The molecule has 2 fully saturated rings. The number of Topliss-reactive ketones (excluding diaryl/α,β-unsaturated/α-hetero) is 1. The van der Waals surface area contributed by atoms with Gasteiger partial charge in [0.15, 0.2) is 6.29 Å². The molecule has 0 spiro atoms. The molecule has 1 aliphatic carbocycles. The first-order valence-electron chi connectivity index (χ1n) is 11.9. The number of ketones is 1. The third kappa shape index (κ3) is 4.67. The van der Waals surface area contributed by atoms with Gasteiger partial charge in [-0.25, -0.2) is 0 Å². The highest BCUT2D eigenvalue weighted by Crippen LogP contribution is 2.32. The summed E-state index contributed by atoms with van der Waals surface area (Å²) in [6.07, 6.45) is 3.76. The Morgan fingerprint density at radius 1 is 1.16 bits per heavy atom. The number of benzene rings is 1. The molecule has 1 unspecified atom stereocenters. The molecule has 6 nitrogen and oxygen atoms in total. The first-order chi connectivity index (χ1) is 15.5. The average Bonchev–Trinajstić information content (AvgIpc) is 3.44. The number of carbonyl (C=O) groups is 2. The lowest BCUT2D eigenvalue weighted by Crippen LogP contribution is -2.54. The maximum absolute atomic E-state index is 13.7. The van der Waals surface area contributed by atoms with Crippen LogP contribution in [-0.2, 0) is 31.9 Å². The van der Waals surface area contributed by atoms with E-state index in [-0.39, 0.29) is 23.7 Å². The zero-order chi connectivity index (χ0) is 22.7. The van der Waals surface area contributed by atoms with Gasteiger partial charge in [0.05, 0.1) is 12.0 Å². The van der Waals surface area contributed by atoms with E-state index in [2.05, 4.69) is 23.5 Å². The second-order valence-corrected chi connectivity index (χ2v) is 9.46. The van der Waals surface area contributed by atoms with Crippen LogP contribution >= 0.6 is 12.2 Å². The molecule has 2 heterocycles. The lowest BCUT2D eigenvalue weighted by molar-refractivity contribution is -0.176. The number of nitrogens with one attached hydrogen (secondary N) is 1. The summed E-state index contributed by atoms with van der Waals surface area (Å²) >= 11 is 5.60. The Morgan fingerprint density at radius 2 is 1.88 bits per heavy atom. The van der Waals surface area contributed by atoms with Crippen molar-refractivity contribution in [3.05, 3.63) is 35.4 Å². The largest absolute Gasteiger partial charge is 0.351 e. The van der Waals surface area contributed by atoms with Gasteiger partial charge < -0.3 is 19.7 Å². The molecule has 1 aromatic rings. The van der Waals surface area contributed by atoms with Crippen molar-refractivity contribution in [1.82, 2.24) is 10.2 Å². The molecule has 0 saturated carbocycles. The third-order valence-corrected chi connectivity index (χ3v) is 7.45. The Labute approximate surface area is 196 Å². The molecule has 32 heavy (non-hydrogen) atoms. The minimum atomic E-state index is -0.586. The highest BCUT2D eigenvalue weighted by molar-refractivity contribution is 7.80. The molecule has 0 radical (unpaired) electrons. The van der Waals surface area contributed by atoms with E-state index >= 15 is 0 Å². The van der Waals surface area contributed by atoms with E-state index < -0.39 is 18.2 Å². The van der Waals surface area contributed by atoms with Gasteiger partial charge in [-0.1, -0.05) is 36.5 Å². The van der Waals surface area contributed by atoms with Crippen LogP contribution in [0, 0.1) is 11.8 Å². The summed E-state index contributed by atoms with van der Waals surface area (Å²) in [5, 5.41) is 3.26. The van der Waals surface area contributed by atoms with Gasteiger partial charge in [-0.05, 0) is 57.1 Å². The Hall–Kier alpha value is -1.67. The summed E-state index contributed by atoms with van der Waals surface area (Å²) < 4.78 is 11.6. The van der Waals surface area contributed by atoms with Gasteiger partial charge >= 0.3 is 0 Å². The molecule has 0 bridgehead atoms. The molecule has 3 aliphatic rings. The van der Waals surface area contributed by atoms with Crippen molar-refractivity contribution >= 4 is 28.8 Å². The quantitative estimate of drug-likeness (QED) is 0.477. The van der Waals surface area contributed by atoms with E-state index in [9.17, 15) is 9.59 Å².